The van der Waals surface area contributed by atoms with Crippen LogP contribution in [0.4, 0.5) is 5.82 Å². The summed E-state index contributed by atoms with van der Waals surface area (Å²) in [4.78, 5) is 23.9. The maximum atomic E-state index is 13.1. The van der Waals surface area contributed by atoms with Crippen molar-refractivity contribution in [3.05, 3.63) is 54.6 Å². The summed E-state index contributed by atoms with van der Waals surface area (Å²) >= 11 is 0. The number of carbonyl (C=O) groups excluding carboxylic acids is 1. The Morgan fingerprint density at radius 2 is 1.78 bits per heavy atom. The van der Waals surface area contributed by atoms with Gasteiger partial charge in [-0.25, -0.2) is 4.98 Å². The van der Waals surface area contributed by atoms with E-state index < -0.39 is 0 Å². The lowest BCUT2D eigenvalue weighted by Crippen LogP contribution is -2.24. The summed E-state index contributed by atoms with van der Waals surface area (Å²) in [5, 5.41) is 7.90. The van der Waals surface area contributed by atoms with Crippen molar-refractivity contribution in [2.75, 3.05) is 46.8 Å². The molecule has 4 rings (SSSR count). The highest BCUT2D eigenvalue weighted by molar-refractivity contribution is 6.04. The number of rotatable bonds is 11. The molecule has 0 atom stereocenters. The molecule has 0 saturated carbocycles. The second-order valence-electron chi connectivity index (χ2n) is 8.29. The molecule has 0 fully saturated rings. The Kier molecular flexibility index (Phi) is 8.04. The molecule has 3 aromatic heterocycles. The number of carbonyl (C=O) groups is 1. The van der Waals surface area contributed by atoms with Crippen LogP contribution in [0.1, 0.15) is 17.4 Å². The van der Waals surface area contributed by atoms with E-state index in [1.165, 1.54) is 6.20 Å². The van der Waals surface area contributed by atoms with E-state index in [0.717, 1.165) is 11.9 Å². The molecule has 3 heterocycles. The number of pyridine rings is 2. The van der Waals surface area contributed by atoms with E-state index in [2.05, 4.69) is 20.4 Å². The third-order valence-electron chi connectivity index (χ3n) is 5.49. The van der Waals surface area contributed by atoms with Gasteiger partial charge in [-0.05, 0) is 45.3 Å². The van der Waals surface area contributed by atoms with Gasteiger partial charge >= 0.3 is 0 Å². The van der Waals surface area contributed by atoms with Crippen molar-refractivity contribution in [1.29, 1.82) is 0 Å². The largest absolute Gasteiger partial charge is 0.493 e. The monoisotopic (exact) mass is 506 g/mol. The van der Waals surface area contributed by atoms with E-state index in [9.17, 15) is 4.79 Å². The highest BCUT2D eigenvalue weighted by Gasteiger charge is 2.21. The predicted octanol–water partition coefficient (Wildman–Crippen LogP) is 3.85. The standard InChI is InChI=1S/C26H30N6O5/c1-6-36-23-16-29-32(12-11-31(2)3)25(23)26(33)30-24-8-7-17(15-28-24)37-20-9-10-27-19-14-22(35-5)21(34-4)13-18(19)20/h7-10,13-16H,6,11-12H2,1-5H3,(H,28,30,33). The Morgan fingerprint density at radius 1 is 1.00 bits per heavy atom. The molecule has 11 heteroatoms. The van der Waals surface area contributed by atoms with Crippen LogP contribution in [0.25, 0.3) is 10.9 Å². The predicted molar refractivity (Wildman–Crippen MR) is 139 cm³/mol. The third kappa shape index (κ3) is 5.89. The SMILES string of the molecule is CCOc1cnn(CCN(C)C)c1C(=O)Nc1ccc(Oc2ccnc3cc(OC)c(OC)cc23)cn1. The number of hydrogen-bond donors (Lipinski definition) is 1. The summed E-state index contributed by atoms with van der Waals surface area (Å²) in [6.07, 6.45) is 4.75. The first-order valence-electron chi connectivity index (χ1n) is 11.7. The van der Waals surface area contributed by atoms with Crippen LogP contribution < -0.4 is 24.3 Å². The Morgan fingerprint density at radius 3 is 2.46 bits per heavy atom. The minimum atomic E-state index is -0.359. The van der Waals surface area contributed by atoms with Crippen LogP contribution in [0.2, 0.25) is 0 Å². The van der Waals surface area contributed by atoms with E-state index in [0.29, 0.717) is 58.9 Å². The average molecular weight is 507 g/mol. The topological polar surface area (TPSA) is 113 Å². The molecule has 0 aliphatic heterocycles. The Labute approximate surface area is 214 Å². The molecule has 1 amide bonds. The number of nitrogens with one attached hydrogen (secondary N) is 1. The van der Waals surface area contributed by atoms with Crippen LogP contribution in [0, 0.1) is 0 Å². The van der Waals surface area contributed by atoms with Crippen LogP contribution in [-0.2, 0) is 6.54 Å². The van der Waals surface area contributed by atoms with Crippen molar-refractivity contribution in [2.45, 2.75) is 13.5 Å². The van der Waals surface area contributed by atoms with Crippen molar-refractivity contribution < 1.29 is 23.7 Å². The first-order chi connectivity index (χ1) is 17.9. The second kappa shape index (κ2) is 11.6. The molecule has 11 nitrogen and oxygen atoms in total. The molecule has 0 bridgehead atoms. The van der Waals surface area contributed by atoms with Crippen LogP contribution in [0.15, 0.2) is 48.9 Å². The van der Waals surface area contributed by atoms with Gasteiger partial charge in [0.1, 0.15) is 17.3 Å². The van der Waals surface area contributed by atoms with Gasteiger partial charge in [-0.2, -0.15) is 5.10 Å². The van der Waals surface area contributed by atoms with Crippen molar-refractivity contribution >= 4 is 22.6 Å². The molecular weight excluding hydrogens is 476 g/mol. The molecule has 4 aromatic rings. The zero-order chi connectivity index (χ0) is 26.4. The molecule has 1 N–H and O–H groups in total. The average Bonchev–Trinajstić information content (AvgIpc) is 3.30. The fourth-order valence-corrected chi connectivity index (χ4v) is 3.68. The fourth-order valence-electron chi connectivity index (χ4n) is 3.68. The van der Waals surface area contributed by atoms with Gasteiger partial charge in [-0.1, -0.05) is 0 Å². The molecule has 0 unspecified atom stereocenters. The lowest BCUT2D eigenvalue weighted by molar-refractivity contribution is 0.101. The van der Waals surface area contributed by atoms with Gasteiger partial charge in [0.15, 0.2) is 22.9 Å². The van der Waals surface area contributed by atoms with Crippen LogP contribution in [0.5, 0.6) is 28.7 Å². The summed E-state index contributed by atoms with van der Waals surface area (Å²) in [5.41, 5.74) is 1.04. The molecular formula is C26H30N6O5. The minimum Gasteiger partial charge on any atom is -0.493 e. The van der Waals surface area contributed by atoms with E-state index >= 15 is 0 Å². The first-order valence-corrected chi connectivity index (χ1v) is 11.7. The number of nitrogens with zero attached hydrogens (tertiary/aromatic N) is 5. The molecule has 0 radical (unpaired) electrons. The molecule has 1 aromatic carbocycles. The lowest BCUT2D eigenvalue weighted by atomic mass is 10.2. The molecule has 194 valence electrons. The van der Waals surface area contributed by atoms with Gasteiger partial charge < -0.3 is 29.2 Å². The molecule has 0 spiro atoms. The van der Waals surface area contributed by atoms with E-state index in [4.69, 9.17) is 18.9 Å². The highest BCUT2D eigenvalue weighted by atomic mass is 16.5. The van der Waals surface area contributed by atoms with Gasteiger partial charge in [0.05, 0.1) is 45.3 Å². The fraction of sp³-hybridized carbons (Fsp3) is 0.308. The second-order valence-corrected chi connectivity index (χ2v) is 8.29. The van der Waals surface area contributed by atoms with E-state index in [1.807, 2.05) is 32.0 Å². The van der Waals surface area contributed by atoms with Crippen molar-refractivity contribution in [3.8, 4) is 28.7 Å². The maximum absolute atomic E-state index is 13.1. The number of amides is 1. The number of ether oxygens (including phenoxy) is 4. The summed E-state index contributed by atoms with van der Waals surface area (Å²) in [6.45, 7) is 3.55. The normalized spacial score (nSPS) is 11.0. The number of fused-ring (bicyclic) bond motifs is 1. The highest BCUT2D eigenvalue weighted by Crippen LogP contribution is 2.36. The smallest absolute Gasteiger partial charge is 0.278 e. The molecule has 37 heavy (non-hydrogen) atoms. The number of hydrogen-bond acceptors (Lipinski definition) is 9. The summed E-state index contributed by atoms with van der Waals surface area (Å²) in [5.74, 6) is 2.66. The Balaban J connectivity index is 1.52. The van der Waals surface area contributed by atoms with Crippen LogP contribution in [-0.4, -0.2) is 72.0 Å². The number of aromatic nitrogens is 4. The van der Waals surface area contributed by atoms with Gasteiger partial charge in [-0.3, -0.25) is 14.5 Å². The summed E-state index contributed by atoms with van der Waals surface area (Å²) < 4.78 is 24.1. The Hall–Kier alpha value is -4.38. The van der Waals surface area contributed by atoms with Gasteiger partial charge in [-0.15, -0.1) is 0 Å². The molecule has 0 aliphatic rings. The van der Waals surface area contributed by atoms with Crippen molar-refractivity contribution in [2.24, 2.45) is 0 Å². The minimum absolute atomic E-state index is 0.346. The van der Waals surface area contributed by atoms with Crippen molar-refractivity contribution in [3.63, 3.8) is 0 Å². The number of methoxy groups -OCH3 is 2. The number of likely N-dealkylation sites (N-methyl/N-ethyl adjacent to an activating group) is 1. The van der Waals surface area contributed by atoms with Crippen LogP contribution >= 0.6 is 0 Å². The van der Waals surface area contributed by atoms with Crippen LogP contribution in [0.3, 0.4) is 0 Å². The molecule has 0 aliphatic carbocycles. The Bertz CT molecular complexity index is 1370. The first kappa shape index (κ1) is 25.7. The van der Waals surface area contributed by atoms with Gasteiger partial charge in [0.25, 0.3) is 5.91 Å². The van der Waals surface area contributed by atoms with Crippen molar-refractivity contribution in [1.82, 2.24) is 24.6 Å². The summed E-state index contributed by atoms with van der Waals surface area (Å²) in [7, 11) is 7.07. The molecule has 0 saturated heterocycles. The summed E-state index contributed by atoms with van der Waals surface area (Å²) in [6, 6.07) is 8.75. The maximum Gasteiger partial charge on any atom is 0.278 e. The lowest BCUT2D eigenvalue weighted by Gasteiger charge is -2.13. The zero-order valence-corrected chi connectivity index (χ0v) is 21.5. The third-order valence-corrected chi connectivity index (χ3v) is 5.49. The van der Waals surface area contributed by atoms with E-state index in [-0.39, 0.29) is 5.91 Å². The number of anilines is 1. The quantitative estimate of drug-likeness (QED) is 0.324. The van der Waals surface area contributed by atoms with Gasteiger partial charge in [0, 0.05) is 24.2 Å². The zero-order valence-electron chi connectivity index (χ0n) is 21.5. The number of benzene rings is 1. The van der Waals surface area contributed by atoms with E-state index in [1.54, 1.807) is 55.6 Å². The van der Waals surface area contributed by atoms with Gasteiger partial charge in [0.2, 0.25) is 0 Å².